The van der Waals surface area contributed by atoms with E-state index in [2.05, 4.69) is 0 Å². The Balaban J connectivity index is 2.21. The Hall–Kier alpha value is -0.550. The minimum Gasteiger partial charge on any atom is -0.501 e. The molecule has 0 aromatic rings. The average molecular weight is 218 g/mol. The van der Waals surface area contributed by atoms with Crippen molar-refractivity contribution in [1.82, 2.24) is 0 Å². The van der Waals surface area contributed by atoms with Gasteiger partial charge < -0.3 is 9.84 Å². The predicted octanol–water partition coefficient (Wildman–Crippen LogP) is 0.230. The summed E-state index contributed by atoms with van der Waals surface area (Å²) in [6.45, 7) is 0.659. The predicted molar refractivity (Wildman–Crippen MR) is 51.5 cm³/mol. The fraction of sp³-hybridized carbons (Fsp3) is 0.778. The summed E-state index contributed by atoms with van der Waals surface area (Å²) >= 11 is 0. The van der Waals surface area contributed by atoms with Crippen LogP contribution < -0.4 is 0 Å². The molecule has 1 unspecified atom stereocenters. The first kappa shape index (κ1) is 9.98. The first-order chi connectivity index (χ1) is 6.52. The Bertz CT molecular complexity index is 357. The number of sulfone groups is 1. The quantitative estimate of drug-likeness (QED) is 0.684. The van der Waals surface area contributed by atoms with E-state index in [-0.39, 0.29) is 11.5 Å². The highest BCUT2D eigenvalue weighted by atomic mass is 32.2. The van der Waals surface area contributed by atoms with E-state index in [0.717, 1.165) is 18.4 Å². The van der Waals surface area contributed by atoms with Gasteiger partial charge in [-0.3, -0.25) is 0 Å². The zero-order chi connectivity index (χ0) is 10.2. The van der Waals surface area contributed by atoms with Crippen LogP contribution in [0.1, 0.15) is 19.3 Å². The molecule has 1 saturated heterocycles. The lowest BCUT2D eigenvalue weighted by Gasteiger charge is -2.26. The Kier molecular flexibility index (Phi) is 2.31. The van der Waals surface area contributed by atoms with Crippen LogP contribution in [0.3, 0.4) is 0 Å². The molecule has 0 saturated carbocycles. The van der Waals surface area contributed by atoms with Gasteiger partial charge in [-0.05, 0) is 24.8 Å². The third-order valence-corrected chi connectivity index (χ3v) is 4.56. The highest BCUT2D eigenvalue weighted by Gasteiger charge is 2.43. The summed E-state index contributed by atoms with van der Waals surface area (Å²) in [5.41, 5.74) is -0.413. The molecule has 80 valence electrons. The molecule has 1 fully saturated rings. The molecule has 5 heteroatoms. The number of hydrogen-bond acceptors (Lipinski definition) is 4. The molecule has 1 N–H and O–H groups in total. The molecule has 0 spiro atoms. The summed E-state index contributed by atoms with van der Waals surface area (Å²) in [7, 11) is -3.05. The maximum Gasteiger partial charge on any atom is 0.153 e. The van der Waals surface area contributed by atoms with Gasteiger partial charge in [0, 0.05) is 0 Å². The fourth-order valence-electron chi connectivity index (χ4n) is 1.99. The van der Waals surface area contributed by atoms with Gasteiger partial charge in [0.1, 0.15) is 5.60 Å². The number of rotatable bonds is 1. The zero-order valence-corrected chi connectivity index (χ0v) is 8.72. The van der Waals surface area contributed by atoms with Crippen molar-refractivity contribution in [1.29, 1.82) is 0 Å². The number of ether oxygens (including phenoxy) is 1. The third-order valence-electron chi connectivity index (χ3n) is 2.82. The van der Waals surface area contributed by atoms with Crippen molar-refractivity contribution in [3.8, 4) is 0 Å². The van der Waals surface area contributed by atoms with Crippen LogP contribution in [-0.4, -0.2) is 37.2 Å². The van der Waals surface area contributed by atoms with E-state index in [9.17, 15) is 13.5 Å². The maximum absolute atomic E-state index is 11.3. The molecule has 0 aromatic carbocycles. The van der Waals surface area contributed by atoms with Crippen LogP contribution in [-0.2, 0) is 14.6 Å². The van der Waals surface area contributed by atoms with Gasteiger partial charge >= 0.3 is 0 Å². The lowest BCUT2D eigenvalue weighted by molar-refractivity contribution is 0.0872. The van der Waals surface area contributed by atoms with Crippen LogP contribution >= 0.6 is 0 Å². The smallest absolute Gasteiger partial charge is 0.153 e. The summed E-state index contributed by atoms with van der Waals surface area (Å²) < 4.78 is 27.6. The van der Waals surface area contributed by atoms with Gasteiger partial charge in [-0.25, -0.2) is 8.42 Å². The van der Waals surface area contributed by atoms with Crippen molar-refractivity contribution in [2.24, 2.45) is 0 Å². The summed E-state index contributed by atoms with van der Waals surface area (Å²) in [5, 5.41) is 10.1. The first-order valence-electron chi connectivity index (χ1n) is 4.76. The Morgan fingerprint density at radius 1 is 1.50 bits per heavy atom. The second-order valence-corrected chi connectivity index (χ2v) is 6.18. The molecule has 0 radical (unpaired) electrons. The van der Waals surface area contributed by atoms with Gasteiger partial charge in [0.25, 0.3) is 0 Å². The highest BCUT2D eigenvalue weighted by molar-refractivity contribution is 7.91. The molecule has 2 aliphatic heterocycles. The van der Waals surface area contributed by atoms with Crippen LogP contribution in [0.2, 0.25) is 0 Å². The summed E-state index contributed by atoms with van der Waals surface area (Å²) in [5.74, 6) is -0.0595. The van der Waals surface area contributed by atoms with Crippen LogP contribution in [0, 0.1) is 0 Å². The minimum absolute atomic E-state index is 0.0842. The van der Waals surface area contributed by atoms with E-state index in [1.165, 1.54) is 6.26 Å². The summed E-state index contributed by atoms with van der Waals surface area (Å²) in [6, 6.07) is 0. The van der Waals surface area contributed by atoms with Crippen molar-refractivity contribution in [2.45, 2.75) is 24.9 Å². The van der Waals surface area contributed by atoms with E-state index in [1.807, 2.05) is 0 Å². The van der Waals surface area contributed by atoms with Crippen LogP contribution in [0.5, 0.6) is 0 Å². The highest BCUT2D eigenvalue weighted by Crippen LogP contribution is 2.34. The largest absolute Gasteiger partial charge is 0.501 e. The van der Waals surface area contributed by atoms with Gasteiger partial charge in [0.05, 0.1) is 24.4 Å². The number of hydrogen-bond donors (Lipinski definition) is 1. The van der Waals surface area contributed by atoms with Crippen molar-refractivity contribution in [3.63, 3.8) is 0 Å². The summed E-state index contributed by atoms with van der Waals surface area (Å²) in [6.07, 6.45) is 3.44. The Morgan fingerprint density at radius 2 is 2.29 bits per heavy atom. The monoisotopic (exact) mass is 218 g/mol. The third kappa shape index (κ3) is 1.79. The molecule has 2 rings (SSSR count). The molecule has 0 aliphatic carbocycles. The SMILES string of the molecule is O=S1(=O)CCC(O)(C2=COCCC2)C1. The second-order valence-electron chi connectivity index (χ2n) is 3.99. The normalized spacial score (nSPS) is 36.2. The van der Waals surface area contributed by atoms with E-state index >= 15 is 0 Å². The zero-order valence-electron chi connectivity index (χ0n) is 7.90. The van der Waals surface area contributed by atoms with Gasteiger partial charge in [-0.2, -0.15) is 0 Å². The van der Waals surface area contributed by atoms with E-state index in [4.69, 9.17) is 4.74 Å². The lowest BCUT2D eigenvalue weighted by atomic mass is 9.90. The molecule has 0 amide bonds. The summed E-state index contributed by atoms with van der Waals surface area (Å²) in [4.78, 5) is 0. The van der Waals surface area contributed by atoms with Crippen LogP contribution in [0.15, 0.2) is 11.8 Å². The van der Waals surface area contributed by atoms with Crippen LogP contribution in [0.25, 0.3) is 0 Å². The Morgan fingerprint density at radius 3 is 2.79 bits per heavy atom. The molecule has 2 heterocycles. The molecule has 1 atom stereocenters. The van der Waals surface area contributed by atoms with E-state index < -0.39 is 15.4 Å². The van der Waals surface area contributed by atoms with Crippen molar-refractivity contribution < 1.29 is 18.3 Å². The van der Waals surface area contributed by atoms with E-state index in [1.54, 1.807) is 0 Å². The topological polar surface area (TPSA) is 63.6 Å². The van der Waals surface area contributed by atoms with Crippen molar-refractivity contribution >= 4 is 9.84 Å². The Labute approximate surface area is 83.5 Å². The van der Waals surface area contributed by atoms with Crippen molar-refractivity contribution in [3.05, 3.63) is 11.8 Å². The first-order valence-corrected chi connectivity index (χ1v) is 6.58. The van der Waals surface area contributed by atoms with Gasteiger partial charge in [-0.15, -0.1) is 0 Å². The minimum atomic E-state index is -3.05. The molecule has 0 aromatic heterocycles. The standard InChI is InChI=1S/C9H14O4S/c10-9(3-5-14(11,12)7-9)8-2-1-4-13-6-8/h6,10H,1-5,7H2. The molecule has 4 nitrogen and oxygen atoms in total. The molecule has 0 bridgehead atoms. The second kappa shape index (κ2) is 3.24. The van der Waals surface area contributed by atoms with Crippen LogP contribution in [0.4, 0.5) is 0 Å². The average Bonchev–Trinajstić information content (AvgIpc) is 2.44. The van der Waals surface area contributed by atoms with E-state index in [0.29, 0.717) is 13.0 Å². The van der Waals surface area contributed by atoms with Gasteiger partial charge in [0.2, 0.25) is 0 Å². The molecule has 14 heavy (non-hydrogen) atoms. The fourth-order valence-corrected chi connectivity index (χ4v) is 3.84. The van der Waals surface area contributed by atoms with Crippen molar-refractivity contribution in [2.75, 3.05) is 18.1 Å². The van der Waals surface area contributed by atoms with Gasteiger partial charge in [-0.1, -0.05) is 0 Å². The lowest BCUT2D eigenvalue weighted by Crippen LogP contribution is -2.33. The molecular weight excluding hydrogens is 204 g/mol. The molecule has 2 aliphatic rings. The number of aliphatic hydroxyl groups is 1. The molecular formula is C9H14O4S. The maximum atomic E-state index is 11.3. The van der Waals surface area contributed by atoms with Gasteiger partial charge in [0.15, 0.2) is 9.84 Å².